The van der Waals surface area contributed by atoms with Crippen LogP contribution in [0.3, 0.4) is 0 Å². The Morgan fingerprint density at radius 2 is 1.86 bits per heavy atom. The zero-order chi connectivity index (χ0) is 20.4. The molecular formula is C20H15N5O3S. The van der Waals surface area contributed by atoms with Gasteiger partial charge < -0.3 is 15.7 Å². The molecule has 0 saturated carbocycles. The van der Waals surface area contributed by atoms with E-state index in [-0.39, 0.29) is 5.56 Å². The van der Waals surface area contributed by atoms with Crippen LogP contribution < -0.4 is 10.6 Å². The number of rotatable bonds is 5. The van der Waals surface area contributed by atoms with Crippen molar-refractivity contribution in [2.75, 3.05) is 10.6 Å². The summed E-state index contributed by atoms with van der Waals surface area (Å²) in [6.45, 7) is 1.73. The zero-order valence-electron chi connectivity index (χ0n) is 15.2. The molecule has 0 aliphatic heterocycles. The molecule has 0 spiro atoms. The average molecular weight is 405 g/mol. The molecule has 0 radical (unpaired) electrons. The van der Waals surface area contributed by atoms with E-state index in [1.807, 2.05) is 24.3 Å². The number of para-hydroxylation sites is 2. The third-order valence-electron chi connectivity index (χ3n) is 4.15. The lowest BCUT2D eigenvalue weighted by Crippen LogP contribution is -2.14. The number of amides is 1. The molecule has 8 nitrogen and oxygen atoms in total. The Morgan fingerprint density at radius 3 is 2.66 bits per heavy atom. The maximum Gasteiger partial charge on any atom is 0.335 e. The molecule has 144 valence electrons. The quantitative estimate of drug-likeness (QED) is 0.458. The highest BCUT2D eigenvalue weighted by Crippen LogP contribution is 2.28. The molecule has 9 heteroatoms. The van der Waals surface area contributed by atoms with Gasteiger partial charge in [-0.05, 0) is 48.8 Å². The summed E-state index contributed by atoms with van der Waals surface area (Å²) in [5.74, 6) is -0.962. The number of carbonyl (C=O) groups excluding carboxylic acids is 1. The molecule has 1 amide bonds. The molecule has 0 saturated heterocycles. The molecule has 0 unspecified atom stereocenters. The molecule has 2 aromatic heterocycles. The fourth-order valence-electron chi connectivity index (χ4n) is 2.78. The first kappa shape index (κ1) is 18.5. The molecule has 0 fully saturated rings. The maximum absolute atomic E-state index is 12.8. The van der Waals surface area contributed by atoms with E-state index in [1.54, 1.807) is 25.3 Å². The standard InChI is InChI=1S/C20H15N5O3S/c1-11-17(18(26)22-13-6-4-5-12(9-13)20(27)28)19(29-25-11)24-16-10-21-14-7-2-3-8-15(14)23-16/h2-10H,1H3,(H,22,26)(H,23,24)(H,27,28). The number of hydrogen-bond donors (Lipinski definition) is 3. The number of aromatic carboxylic acids is 1. The first-order valence-electron chi connectivity index (χ1n) is 8.61. The average Bonchev–Trinajstić information content (AvgIpc) is 3.08. The SMILES string of the molecule is Cc1nsc(Nc2cnc3ccccc3n2)c1C(=O)Nc1cccc(C(=O)O)c1. The second-order valence-electron chi connectivity index (χ2n) is 6.18. The van der Waals surface area contributed by atoms with Gasteiger partial charge in [0.15, 0.2) is 0 Å². The number of anilines is 3. The smallest absolute Gasteiger partial charge is 0.335 e. The Balaban J connectivity index is 1.60. The number of hydrogen-bond acceptors (Lipinski definition) is 7. The van der Waals surface area contributed by atoms with Crippen molar-refractivity contribution in [1.29, 1.82) is 0 Å². The van der Waals surface area contributed by atoms with Crippen LogP contribution in [-0.2, 0) is 0 Å². The minimum absolute atomic E-state index is 0.0905. The summed E-state index contributed by atoms with van der Waals surface area (Å²) >= 11 is 1.14. The first-order chi connectivity index (χ1) is 14.0. The maximum atomic E-state index is 12.8. The Bertz CT molecular complexity index is 1240. The molecule has 4 aromatic rings. The molecule has 4 rings (SSSR count). The van der Waals surface area contributed by atoms with Gasteiger partial charge in [-0.3, -0.25) is 9.78 Å². The molecule has 29 heavy (non-hydrogen) atoms. The van der Waals surface area contributed by atoms with Gasteiger partial charge in [0.25, 0.3) is 5.91 Å². The number of aromatic nitrogens is 3. The predicted octanol–water partition coefficient (Wildman–Crippen LogP) is 4.09. The molecule has 0 aliphatic rings. The number of benzene rings is 2. The van der Waals surface area contributed by atoms with E-state index in [9.17, 15) is 9.59 Å². The second kappa shape index (κ2) is 7.64. The van der Waals surface area contributed by atoms with Crippen molar-refractivity contribution in [3.05, 3.63) is 71.5 Å². The largest absolute Gasteiger partial charge is 0.478 e. The summed E-state index contributed by atoms with van der Waals surface area (Å²) in [5, 5.41) is 15.5. The highest BCUT2D eigenvalue weighted by molar-refractivity contribution is 7.10. The van der Waals surface area contributed by atoms with Gasteiger partial charge in [0.05, 0.1) is 34.1 Å². The Kier molecular flexibility index (Phi) is 4.88. The number of carboxylic acid groups (broad SMARTS) is 1. The van der Waals surface area contributed by atoms with Crippen LogP contribution in [0.2, 0.25) is 0 Å². The monoisotopic (exact) mass is 405 g/mol. The van der Waals surface area contributed by atoms with Crippen LogP contribution in [0.25, 0.3) is 11.0 Å². The van der Waals surface area contributed by atoms with Crippen molar-refractivity contribution in [3.63, 3.8) is 0 Å². The minimum atomic E-state index is -1.06. The molecule has 2 heterocycles. The number of fused-ring (bicyclic) bond motifs is 1. The number of aryl methyl sites for hydroxylation is 1. The third kappa shape index (κ3) is 3.90. The lowest BCUT2D eigenvalue weighted by Gasteiger charge is -2.09. The molecular weight excluding hydrogens is 390 g/mol. The summed E-state index contributed by atoms with van der Waals surface area (Å²) in [6, 6.07) is 13.5. The van der Waals surface area contributed by atoms with Crippen LogP contribution in [0.1, 0.15) is 26.4 Å². The summed E-state index contributed by atoms with van der Waals surface area (Å²) in [6.07, 6.45) is 1.59. The Labute approximate surface area is 169 Å². The summed E-state index contributed by atoms with van der Waals surface area (Å²) in [5.41, 5.74) is 2.90. The van der Waals surface area contributed by atoms with Crippen molar-refractivity contribution in [3.8, 4) is 0 Å². The van der Waals surface area contributed by atoms with Crippen LogP contribution in [0.4, 0.5) is 16.5 Å². The van der Waals surface area contributed by atoms with Gasteiger partial charge in [0.1, 0.15) is 10.8 Å². The molecule has 0 aliphatic carbocycles. The fourth-order valence-corrected chi connectivity index (χ4v) is 3.58. The Morgan fingerprint density at radius 1 is 1.07 bits per heavy atom. The zero-order valence-corrected chi connectivity index (χ0v) is 16.0. The number of carboxylic acids is 1. The van der Waals surface area contributed by atoms with Crippen LogP contribution in [0.15, 0.2) is 54.7 Å². The van der Waals surface area contributed by atoms with E-state index in [2.05, 4.69) is 25.0 Å². The normalized spacial score (nSPS) is 10.7. The third-order valence-corrected chi connectivity index (χ3v) is 5.00. The van der Waals surface area contributed by atoms with E-state index >= 15 is 0 Å². The predicted molar refractivity (Wildman–Crippen MR) is 111 cm³/mol. The lowest BCUT2D eigenvalue weighted by molar-refractivity contribution is 0.0696. The van der Waals surface area contributed by atoms with Crippen molar-refractivity contribution < 1.29 is 14.7 Å². The molecule has 0 atom stereocenters. The highest BCUT2D eigenvalue weighted by Gasteiger charge is 2.20. The van der Waals surface area contributed by atoms with Crippen LogP contribution >= 0.6 is 11.5 Å². The first-order valence-corrected chi connectivity index (χ1v) is 9.38. The molecule has 2 aromatic carbocycles. The molecule has 0 bridgehead atoms. The fraction of sp³-hybridized carbons (Fsp3) is 0.0500. The highest BCUT2D eigenvalue weighted by atomic mass is 32.1. The van der Waals surface area contributed by atoms with E-state index in [0.29, 0.717) is 27.8 Å². The number of nitrogens with one attached hydrogen (secondary N) is 2. The van der Waals surface area contributed by atoms with Crippen molar-refractivity contribution in [1.82, 2.24) is 14.3 Å². The van der Waals surface area contributed by atoms with E-state index in [0.717, 1.165) is 22.6 Å². The van der Waals surface area contributed by atoms with Crippen molar-refractivity contribution >= 4 is 50.9 Å². The lowest BCUT2D eigenvalue weighted by atomic mass is 10.2. The number of nitrogens with zero attached hydrogens (tertiary/aromatic N) is 3. The van der Waals surface area contributed by atoms with Crippen LogP contribution in [-0.4, -0.2) is 31.3 Å². The molecule has 3 N–H and O–H groups in total. The van der Waals surface area contributed by atoms with Crippen LogP contribution in [0, 0.1) is 6.92 Å². The van der Waals surface area contributed by atoms with Gasteiger partial charge >= 0.3 is 5.97 Å². The van der Waals surface area contributed by atoms with E-state index in [1.165, 1.54) is 12.1 Å². The van der Waals surface area contributed by atoms with Gasteiger partial charge in [0, 0.05) is 5.69 Å². The topological polar surface area (TPSA) is 117 Å². The van der Waals surface area contributed by atoms with Crippen LogP contribution in [0.5, 0.6) is 0 Å². The van der Waals surface area contributed by atoms with Gasteiger partial charge in [-0.1, -0.05) is 18.2 Å². The summed E-state index contributed by atoms with van der Waals surface area (Å²) in [7, 11) is 0. The van der Waals surface area contributed by atoms with E-state index in [4.69, 9.17) is 5.11 Å². The van der Waals surface area contributed by atoms with Gasteiger partial charge in [-0.2, -0.15) is 4.37 Å². The summed E-state index contributed by atoms with van der Waals surface area (Å²) in [4.78, 5) is 32.8. The van der Waals surface area contributed by atoms with E-state index < -0.39 is 11.9 Å². The van der Waals surface area contributed by atoms with Crippen molar-refractivity contribution in [2.45, 2.75) is 6.92 Å². The minimum Gasteiger partial charge on any atom is -0.478 e. The van der Waals surface area contributed by atoms with Gasteiger partial charge in [0.2, 0.25) is 0 Å². The van der Waals surface area contributed by atoms with Crippen molar-refractivity contribution in [2.24, 2.45) is 0 Å². The van der Waals surface area contributed by atoms with Gasteiger partial charge in [-0.15, -0.1) is 0 Å². The number of carbonyl (C=O) groups is 2. The Hall–Kier alpha value is -3.85. The second-order valence-corrected chi connectivity index (χ2v) is 6.95. The summed E-state index contributed by atoms with van der Waals surface area (Å²) < 4.78 is 4.26. The van der Waals surface area contributed by atoms with Gasteiger partial charge in [-0.25, -0.2) is 9.78 Å².